The topological polar surface area (TPSA) is 68.2 Å². The Balaban J connectivity index is 0.000000177. The van der Waals surface area contributed by atoms with Crippen LogP contribution in [0.4, 0.5) is 8.78 Å². The van der Waals surface area contributed by atoms with Crippen molar-refractivity contribution in [1.29, 1.82) is 0 Å². The maximum atomic E-state index is 14.0. The summed E-state index contributed by atoms with van der Waals surface area (Å²) < 4.78 is 29.7. The number of hydrogen-bond acceptors (Lipinski definition) is 4. The number of benzene rings is 1. The number of imidazole rings is 1. The van der Waals surface area contributed by atoms with E-state index in [-0.39, 0.29) is 11.9 Å². The van der Waals surface area contributed by atoms with Crippen molar-refractivity contribution in [2.75, 3.05) is 0 Å². The molecule has 5 rings (SSSR count). The molecule has 2 unspecified atom stereocenters. The van der Waals surface area contributed by atoms with E-state index in [0.29, 0.717) is 30.6 Å². The molecule has 1 aliphatic carbocycles. The van der Waals surface area contributed by atoms with Crippen molar-refractivity contribution in [3.05, 3.63) is 78.1 Å². The van der Waals surface area contributed by atoms with E-state index in [1.807, 2.05) is 41.1 Å². The van der Waals surface area contributed by atoms with Gasteiger partial charge in [-0.1, -0.05) is 25.0 Å². The zero-order chi connectivity index (χ0) is 21.6. The highest BCUT2D eigenvalue weighted by Gasteiger charge is 2.24. The minimum absolute atomic E-state index is 0.146. The quantitative estimate of drug-likeness (QED) is 0.506. The summed E-state index contributed by atoms with van der Waals surface area (Å²) in [6, 6.07) is 10.8. The van der Waals surface area contributed by atoms with E-state index in [0.717, 1.165) is 35.9 Å². The Morgan fingerprint density at radius 1 is 1.03 bits per heavy atom. The second-order valence-electron chi connectivity index (χ2n) is 7.82. The van der Waals surface area contributed by atoms with Crippen molar-refractivity contribution in [2.24, 2.45) is 5.73 Å². The SMILES string of the molecule is Fc1cc2ncccc2cc1CNC1CCCCC1F.NCc1cccn2ccnc12. The molecule has 0 bridgehead atoms. The van der Waals surface area contributed by atoms with E-state index in [1.165, 1.54) is 6.07 Å². The van der Waals surface area contributed by atoms with Crippen LogP contribution in [0.1, 0.15) is 36.8 Å². The molecule has 2 atom stereocenters. The fourth-order valence-corrected chi connectivity index (χ4v) is 4.00. The molecule has 0 amide bonds. The maximum Gasteiger partial charge on any atom is 0.141 e. The predicted octanol–water partition coefficient (Wildman–Crippen LogP) is 4.54. The maximum absolute atomic E-state index is 14.0. The van der Waals surface area contributed by atoms with Crippen molar-refractivity contribution < 1.29 is 8.78 Å². The number of nitrogens with two attached hydrogens (primary N) is 1. The van der Waals surface area contributed by atoms with Gasteiger partial charge in [-0.05, 0) is 31.0 Å². The molecule has 0 aliphatic heterocycles. The smallest absolute Gasteiger partial charge is 0.141 e. The Hall–Kier alpha value is -2.90. The molecule has 7 heteroatoms. The Labute approximate surface area is 180 Å². The molecule has 1 aromatic carbocycles. The first-order chi connectivity index (χ1) is 15.2. The van der Waals surface area contributed by atoms with Crippen LogP contribution in [0.15, 0.2) is 61.2 Å². The fraction of sp³-hybridized carbons (Fsp3) is 0.333. The Kier molecular flexibility index (Phi) is 6.84. The van der Waals surface area contributed by atoms with Crippen LogP contribution in [0.3, 0.4) is 0 Å². The van der Waals surface area contributed by atoms with Gasteiger partial charge >= 0.3 is 0 Å². The molecule has 5 nitrogen and oxygen atoms in total. The van der Waals surface area contributed by atoms with Gasteiger partial charge in [0.2, 0.25) is 0 Å². The van der Waals surface area contributed by atoms with Gasteiger partial charge in [0, 0.05) is 66.5 Å². The van der Waals surface area contributed by atoms with Gasteiger partial charge in [-0.3, -0.25) is 4.98 Å². The van der Waals surface area contributed by atoms with Crippen LogP contribution >= 0.6 is 0 Å². The lowest BCUT2D eigenvalue weighted by molar-refractivity contribution is 0.188. The molecule has 0 radical (unpaired) electrons. The van der Waals surface area contributed by atoms with E-state index in [1.54, 1.807) is 18.5 Å². The Bertz CT molecular complexity index is 1140. The number of nitrogens with zero attached hydrogens (tertiary/aromatic N) is 3. The summed E-state index contributed by atoms with van der Waals surface area (Å²) in [5.41, 5.74) is 8.78. The van der Waals surface area contributed by atoms with Crippen molar-refractivity contribution in [2.45, 2.75) is 51.0 Å². The third-order valence-electron chi connectivity index (χ3n) is 5.73. The molecular formula is C24H27F2N5. The van der Waals surface area contributed by atoms with E-state index in [4.69, 9.17) is 5.73 Å². The van der Waals surface area contributed by atoms with Crippen LogP contribution < -0.4 is 11.1 Å². The lowest BCUT2D eigenvalue weighted by Crippen LogP contribution is -2.39. The third-order valence-corrected chi connectivity index (χ3v) is 5.73. The average molecular weight is 424 g/mol. The molecule has 4 aromatic rings. The summed E-state index contributed by atoms with van der Waals surface area (Å²) >= 11 is 0. The first-order valence-corrected chi connectivity index (χ1v) is 10.7. The Morgan fingerprint density at radius 2 is 1.90 bits per heavy atom. The second kappa shape index (κ2) is 9.94. The predicted molar refractivity (Wildman–Crippen MR) is 119 cm³/mol. The van der Waals surface area contributed by atoms with Crippen LogP contribution in [0.5, 0.6) is 0 Å². The average Bonchev–Trinajstić information content (AvgIpc) is 3.28. The zero-order valence-electron chi connectivity index (χ0n) is 17.3. The molecule has 162 valence electrons. The van der Waals surface area contributed by atoms with E-state index < -0.39 is 6.17 Å². The van der Waals surface area contributed by atoms with Gasteiger partial charge in [0.15, 0.2) is 0 Å². The lowest BCUT2D eigenvalue weighted by Gasteiger charge is -2.27. The number of nitrogens with one attached hydrogen (secondary N) is 1. The van der Waals surface area contributed by atoms with Crippen LogP contribution in [0, 0.1) is 5.82 Å². The van der Waals surface area contributed by atoms with Crippen molar-refractivity contribution >= 4 is 16.6 Å². The summed E-state index contributed by atoms with van der Waals surface area (Å²) in [5.74, 6) is -0.282. The highest BCUT2D eigenvalue weighted by atomic mass is 19.1. The lowest BCUT2D eigenvalue weighted by atomic mass is 9.93. The van der Waals surface area contributed by atoms with Gasteiger partial charge in [-0.15, -0.1) is 0 Å². The molecule has 0 saturated heterocycles. The third kappa shape index (κ3) is 5.06. The zero-order valence-corrected chi connectivity index (χ0v) is 17.3. The summed E-state index contributed by atoms with van der Waals surface area (Å²) in [7, 11) is 0. The van der Waals surface area contributed by atoms with Gasteiger partial charge in [0.1, 0.15) is 17.6 Å². The fourth-order valence-electron chi connectivity index (χ4n) is 4.00. The number of halogens is 2. The number of alkyl halides is 1. The van der Waals surface area contributed by atoms with E-state index in [9.17, 15) is 8.78 Å². The summed E-state index contributed by atoms with van der Waals surface area (Å²) in [6.45, 7) is 0.906. The second-order valence-corrected chi connectivity index (χ2v) is 7.82. The molecule has 1 fully saturated rings. The van der Waals surface area contributed by atoms with Crippen LogP contribution in [-0.2, 0) is 13.1 Å². The summed E-state index contributed by atoms with van der Waals surface area (Å²) in [6.07, 6.45) is 9.92. The number of hydrogen-bond donors (Lipinski definition) is 2. The number of fused-ring (bicyclic) bond motifs is 2. The van der Waals surface area contributed by atoms with Gasteiger partial charge in [0.25, 0.3) is 0 Å². The molecule has 1 saturated carbocycles. The minimum Gasteiger partial charge on any atom is -0.326 e. The largest absolute Gasteiger partial charge is 0.326 e. The van der Waals surface area contributed by atoms with Gasteiger partial charge in [-0.2, -0.15) is 0 Å². The molecule has 31 heavy (non-hydrogen) atoms. The highest BCUT2D eigenvalue weighted by molar-refractivity contribution is 5.79. The molecular weight excluding hydrogens is 396 g/mol. The number of pyridine rings is 2. The van der Waals surface area contributed by atoms with E-state index >= 15 is 0 Å². The normalized spacial score (nSPS) is 18.7. The van der Waals surface area contributed by atoms with Gasteiger partial charge in [-0.25, -0.2) is 13.8 Å². The van der Waals surface area contributed by atoms with Crippen molar-refractivity contribution in [3.8, 4) is 0 Å². The molecule has 3 N–H and O–H groups in total. The van der Waals surface area contributed by atoms with Crippen LogP contribution in [-0.4, -0.2) is 26.6 Å². The van der Waals surface area contributed by atoms with Crippen LogP contribution in [0.25, 0.3) is 16.6 Å². The van der Waals surface area contributed by atoms with E-state index in [2.05, 4.69) is 15.3 Å². The van der Waals surface area contributed by atoms with Gasteiger partial charge < -0.3 is 15.5 Å². The molecule has 3 heterocycles. The van der Waals surface area contributed by atoms with Gasteiger partial charge in [0.05, 0.1) is 5.52 Å². The number of aromatic nitrogens is 3. The highest BCUT2D eigenvalue weighted by Crippen LogP contribution is 2.22. The Morgan fingerprint density at radius 3 is 2.74 bits per heavy atom. The first kappa shape index (κ1) is 21.3. The molecule has 1 aliphatic rings. The standard InChI is InChI=1S/C16H18F2N2.C8H9N3/c17-13-5-1-2-6-15(13)20-10-12-8-11-4-3-7-19-16(11)9-14(12)18;9-6-7-2-1-4-11-5-3-10-8(7)11/h3-4,7-9,13,15,20H,1-2,5-6,10H2;1-5H,6,9H2. The molecule has 0 spiro atoms. The summed E-state index contributed by atoms with van der Waals surface area (Å²) in [5, 5.41) is 4.07. The first-order valence-electron chi connectivity index (χ1n) is 10.7. The van der Waals surface area contributed by atoms with Crippen molar-refractivity contribution in [1.82, 2.24) is 19.7 Å². The summed E-state index contributed by atoms with van der Waals surface area (Å²) in [4.78, 5) is 8.30. The monoisotopic (exact) mass is 423 g/mol. The van der Waals surface area contributed by atoms with Crippen molar-refractivity contribution in [3.63, 3.8) is 0 Å². The van der Waals surface area contributed by atoms with Crippen LogP contribution in [0.2, 0.25) is 0 Å². The minimum atomic E-state index is -0.811. The molecule has 3 aromatic heterocycles. The number of rotatable bonds is 4.